The predicted octanol–water partition coefficient (Wildman–Crippen LogP) is 1.40. The summed E-state index contributed by atoms with van der Waals surface area (Å²) < 4.78 is 33.9. The Hall–Kier alpha value is -2.47. The van der Waals surface area contributed by atoms with Gasteiger partial charge in [-0.25, -0.2) is 13.6 Å². The number of carbonyl (C=O) groups excluding carboxylic acids is 3. The number of alkyl halides is 2. The summed E-state index contributed by atoms with van der Waals surface area (Å²) in [6.07, 6.45) is 0.584. The third-order valence-corrected chi connectivity index (χ3v) is 5.29. The number of esters is 2. The fraction of sp³-hybridized carbons (Fsp3) is 0.556. The SMILES string of the molecule is CC(C)(C)C(=O)OCOC(=O)C1=C(/C=C/CON=CC(F)F)CS[C@@H]2[C@H](N)C(=O)N12. The zero-order valence-electron chi connectivity index (χ0n) is 16.7. The number of oxime groups is 1. The Balaban J connectivity index is 2.08. The van der Waals surface area contributed by atoms with Gasteiger partial charge in [-0.1, -0.05) is 11.2 Å². The number of amides is 1. The average molecular weight is 447 g/mol. The van der Waals surface area contributed by atoms with Gasteiger partial charge in [0, 0.05) is 5.75 Å². The topological polar surface area (TPSA) is 121 Å². The van der Waals surface area contributed by atoms with Gasteiger partial charge in [-0.2, -0.15) is 0 Å². The first-order valence-corrected chi connectivity index (χ1v) is 9.96. The van der Waals surface area contributed by atoms with E-state index in [1.807, 2.05) is 0 Å². The Morgan fingerprint density at radius 3 is 2.70 bits per heavy atom. The number of thioether (sulfide) groups is 1. The maximum Gasteiger partial charge on any atom is 0.358 e. The van der Waals surface area contributed by atoms with Crippen molar-refractivity contribution in [2.75, 3.05) is 19.2 Å². The molecule has 0 radical (unpaired) electrons. The van der Waals surface area contributed by atoms with Crippen molar-refractivity contribution in [3.05, 3.63) is 23.4 Å². The molecule has 0 aromatic rings. The van der Waals surface area contributed by atoms with E-state index in [1.165, 1.54) is 28.8 Å². The summed E-state index contributed by atoms with van der Waals surface area (Å²) in [5.74, 6) is -1.48. The largest absolute Gasteiger partial charge is 0.427 e. The van der Waals surface area contributed by atoms with Gasteiger partial charge >= 0.3 is 11.9 Å². The van der Waals surface area contributed by atoms with Gasteiger partial charge in [0.15, 0.2) is 0 Å². The first kappa shape index (κ1) is 23.8. The van der Waals surface area contributed by atoms with Crippen LogP contribution in [0.2, 0.25) is 0 Å². The summed E-state index contributed by atoms with van der Waals surface area (Å²) in [4.78, 5) is 42.5. The van der Waals surface area contributed by atoms with Crippen molar-refractivity contribution in [3.63, 3.8) is 0 Å². The first-order valence-electron chi connectivity index (χ1n) is 8.92. The van der Waals surface area contributed by atoms with E-state index in [4.69, 9.17) is 15.2 Å². The molecule has 0 unspecified atom stereocenters. The summed E-state index contributed by atoms with van der Waals surface area (Å²) in [6, 6.07) is -0.728. The molecule has 1 amide bonds. The number of fused-ring (bicyclic) bond motifs is 1. The molecule has 2 N–H and O–H groups in total. The molecule has 9 nitrogen and oxygen atoms in total. The molecule has 30 heavy (non-hydrogen) atoms. The van der Waals surface area contributed by atoms with Crippen molar-refractivity contribution in [2.24, 2.45) is 16.3 Å². The highest BCUT2D eigenvalue weighted by atomic mass is 32.2. The van der Waals surface area contributed by atoms with E-state index in [0.29, 0.717) is 17.5 Å². The number of nitrogens with two attached hydrogens (primary N) is 1. The third kappa shape index (κ3) is 5.79. The van der Waals surface area contributed by atoms with Crippen LogP contribution < -0.4 is 5.73 Å². The normalized spacial score (nSPS) is 21.8. The van der Waals surface area contributed by atoms with E-state index in [2.05, 4.69) is 9.99 Å². The molecule has 0 spiro atoms. The quantitative estimate of drug-likeness (QED) is 0.148. The minimum Gasteiger partial charge on any atom is -0.427 e. The van der Waals surface area contributed by atoms with E-state index < -0.39 is 47.9 Å². The predicted molar refractivity (Wildman–Crippen MR) is 104 cm³/mol. The van der Waals surface area contributed by atoms with Gasteiger partial charge in [-0.3, -0.25) is 14.5 Å². The lowest BCUT2D eigenvalue weighted by Crippen LogP contribution is -2.68. The second kappa shape index (κ2) is 10.0. The van der Waals surface area contributed by atoms with E-state index >= 15 is 0 Å². The summed E-state index contributed by atoms with van der Waals surface area (Å²) in [6.45, 7) is 4.23. The highest BCUT2D eigenvalue weighted by molar-refractivity contribution is 8.00. The minimum atomic E-state index is -2.72. The molecular formula is C18H23F2N3O6S. The number of rotatable bonds is 8. The van der Waals surface area contributed by atoms with Crippen LogP contribution in [-0.4, -0.2) is 66.0 Å². The van der Waals surface area contributed by atoms with Gasteiger partial charge in [-0.15, -0.1) is 11.8 Å². The molecule has 2 aliphatic rings. The van der Waals surface area contributed by atoms with Crippen molar-refractivity contribution >= 4 is 35.8 Å². The molecule has 0 saturated carbocycles. The average Bonchev–Trinajstić information content (AvgIpc) is 2.68. The van der Waals surface area contributed by atoms with Crippen LogP contribution in [-0.2, 0) is 28.7 Å². The zero-order valence-corrected chi connectivity index (χ0v) is 17.5. The Kier molecular flexibility index (Phi) is 7.96. The first-order chi connectivity index (χ1) is 14.0. The van der Waals surface area contributed by atoms with Crippen molar-refractivity contribution in [1.82, 2.24) is 4.90 Å². The van der Waals surface area contributed by atoms with Crippen LogP contribution in [0.15, 0.2) is 28.6 Å². The van der Waals surface area contributed by atoms with E-state index in [1.54, 1.807) is 20.8 Å². The lowest BCUT2D eigenvalue weighted by molar-refractivity contribution is -0.173. The van der Waals surface area contributed by atoms with Gasteiger partial charge in [0.1, 0.15) is 29.9 Å². The molecule has 12 heteroatoms. The standard InChI is InChI=1S/C18H23F2N3O6S/c1-18(2,3)17(26)28-9-27-16(25)13-10(5-4-6-29-22-7-11(19)20)8-30-15-12(21)14(24)23(13)15/h4-5,7,11-12,15H,6,8-9,21H2,1-3H3/b5-4+,22-7?/t12-,15-/m1/s1. The van der Waals surface area contributed by atoms with E-state index in [9.17, 15) is 23.2 Å². The van der Waals surface area contributed by atoms with Crippen LogP contribution in [0.3, 0.4) is 0 Å². The number of allylic oxidation sites excluding steroid dienone is 1. The van der Waals surface area contributed by atoms with Crippen molar-refractivity contribution in [1.29, 1.82) is 0 Å². The molecule has 166 valence electrons. The van der Waals surface area contributed by atoms with Crippen LogP contribution >= 0.6 is 11.8 Å². The number of carbonyl (C=O) groups is 3. The highest BCUT2D eigenvalue weighted by Crippen LogP contribution is 2.40. The minimum absolute atomic E-state index is 0.00964. The zero-order chi connectivity index (χ0) is 22.5. The third-order valence-electron chi connectivity index (χ3n) is 3.96. The molecule has 2 heterocycles. The van der Waals surface area contributed by atoms with Gasteiger partial charge in [0.05, 0.1) is 5.41 Å². The number of halogens is 2. The van der Waals surface area contributed by atoms with Gasteiger partial charge in [-0.05, 0) is 32.4 Å². The Morgan fingerprint density at radius 2 is 2.07 bits per heavy atom. The maximum absolute atomic E-state index is 12.6. The van der Waals surface area contributed by atoms with Crippen molar-refractivity contribution in [3.8, 4) is 0 Å². The van der Waals surface area contributed by atoms with Crippen LogP contribution in [0.5, 0.6) is 0 Å². The summed E-state index contributed by atoms with van der Waals surface area (Å²) >= 11 is 1.37. The lowest BCUT2D eigenvalue weighted by atomic mass is 9.98. The molecule has 2 atom stereocenters. The van der Waals surface area contributed by atoms with E-state index in [-0.39, 0.29) is 12.3 Å². The monoisotopic (exact) mass is 447 g/mol. The van der Waals surface area contributed by atoms with Gasteiger partial charge in [0.25, 0.3) is 6.43 Å². The number of hydrogen-bond acceptors (Lipinski definition) is 9. The highest BCUT2D eigenvalue weighted by Gasteiger charge is 2.51. The molecule has 0 bridgehead atoms. The van der Waals surface area contributed by atoms with Gasteiger partial charge < -0.3 is 20.0 Å². The Morgan fingerprint density at radius 1 is 1.37 bits per heavy atom. The smallest absolute Gasteiger partial charge is 0.358 e. The molecule has 1 saturated heterocycles. The number of ether oxygens (including phenoxy) is 2. The van der Waals surface area contributed by atoms with Crippen molar-refractivity contribution in [2.45, 2.75) is 38.6 Å². The van der Waals surface area contributed by atoms with Crippen LogP contribution in [0.1, 0.15) is 20.8 Å². The van der Waals surface area contributed by atoms with Crippen LogP contribution in [0, 0.1) is 5.41 Å². The van der Waals surface area contributed by atoms with Crippen molar-refractivity contribution < 1.29 is 37.5 Å². The molecule has 1 fully saturated rings. The number of hydrogen-bond donors (Lipinski definition) is 1. The van der Waals surface area contributed by atoms with E-state index in [0.717, 1.165) is 0 Å². The fourth-order valence-corrected chi connectivity index (χ4v) is 3.71. The van der Waals surface area contributed by atoms with Gasteiger partial charge in [0.2, 0.25) is 12.7 Å². The lowest BCUT2D eigenvalue weighted by Gasteiger charge is -2.48. The number of β-lactam (4-membered cyclic amide) rings is 1. The molecule has 0 aromatic carbocycles. The van der Waals surface area contributed by atoms with Crippen LogP contribution in [0.4, 0.5) is 8.78 Å². The molecule has 2 rings (SSSR count). The second-order valence-corrected chi connectivity index (χ2v) is 8.43. The summed E-state index contributed by atoms with van der Waals surface area (Å²) in [5, 5.41) is 2.67. The molecule has 0 aliphatic carbocycles. The fourth-order valence-electron chi connectivity index (χ4n) is 2.44. The van der Waals surface area contributed by atoms with Crippen LogP contribution in [0.25, 0.3) is 0 Å². The molecular weight excluding hydrogens is 424 g/mol. The maximum atomic E-state index is 12.6. The Bertz CT molecular complexity index is 778. The summed E-state index contributed by atoms with van der Waals surface area (Å²) in [5.41, 5.74) is 5.46. The summed E-state index contributed by atoms with van der Waals surface area (Å²) in [7, 11) is 0. The molecule has 2 aliphatic heterocycles. The Labute approximate surface area is 176 Å². The number of nitrogens with zero attached hydrogens (tertiary/aromatic N) is 2. The second-order valence-electron chi connectivity index (χ2n) is 7.33. The molecule has 0 aromatic heterocycles.